The third-order valence-corrected chi connectivity index (χ3v) is 4.02. The smallest absolute Gasteiger partial charge is 0.223 e. The lowest BCUT2D eigenvalue weighted by Gasteiger charge is -2.19. The number of hydrogen-bond acceptors (Lipinski definition) is 2. The van der Waals surface area contributed by atoms with Gasteiger partial charge in [0.1, 0.15) is 0 Å². The van der Waals surface area contributed by atoms with Crippen LogP contribution in [0.25, 0.3) is 0 Å². The third kappa shape index (κ3) is 3.48. The first-order chi connectivity index (χ1) is 7.72. The van der Waals surface area contributed by atoms with Crippen LogP contribution in [0.2, 0.25) is 0 Å². The molecular weight excluding hydrogens is 200 g/mol. The number of amides is 1. The van der Waals surface area contributed by atoms with E-state index in [1.54, 1.807) is 0 Å². The molecule has 1 amide bonds. The maximum atomic E-state index is 12.0. The molecule has 0 aliphatic heterocycles. The summed E-state index contributed by atoms with van der Waals surface area (Å²) >= 11 is 0. The third-order valence-electron chi connectivity index (χ3n) is 4.02. The largest absolute Gasteiger partial charge is 0.356 e. The van der Waals surface area contributed by atoms with E-state index in [-0.39, 0.29) is 11.8 Å². The number of carbonyl (C=O) groups excluding carboxylic acids is 1. The molecule has 94 valence electrons. The second-order valence-corrected chi connectivity index (χ2v) is 4.96. The lowest BCUT2D eigenvalue weighted by molar-refractivity contribution is -0.126. The van der Waals surface area contributed by atoms with Crippen LogP contribution in [-0.2, 0) is 4.79 Å². The average molecular weight is 226 g/mol. The summed E-state index contributed by atoms with van der Waals surface area (Å²) in [6, 6.07) is 0. The van der Waals surface area contributed by atoms with Gasteiger partial charge in [0.05, 0.1) is 0 Å². The van der Waals surface area contributed by atoms with Gasteiger partial charge in [0.25, 0.3) is 0 Å². The van der Waals surface area contributed by atoms with Crippen LogP contribution < -0.4 is 11.1 Å². The highest BCUT2D eigenvalue weighted by atomic mass is 16.1. The predicted molar refractivity (Wildman–Crippen MR) is 67.0 cm³/mol. The molecule has 2 atom stereocenters. The second kappa shape index (κ2) is 6.89. The molecule has 0 aromatic heterocycles. The normalized spacial score (nSPS) is 25.0. The summed E-state index contributed by atoms with van der Waals surface area (Å²) in [5.41, 5.74) is 5.69. The van der Waals surface area contributed by atoms with Crippen molar-refractivity contribution in [2.75, 3.05) is 13.1 Å². The molecule has 16 heavy (non-hydrogen) atoms. The van der Waals surface area contributed by atoms with Crippen LogP contribution in [0.5, 0.6) is 0 Å². The predicted octanol–water partition coefficient (Wildman–Crippen LogP) is 1.91. The lowest BCUT2D eigenvalue weighted by Crippen LogP contribution is -2.37. The lowest BCUT2D eigenvalue weighted by atomic mass is 9.95. The van der Waals surface area contributed by atoms with E-state index < -0.39 is 0 Å². The Labute approximate surface area is 99.2 Å². The van der Waals surface area contributed by atoms with Crippen LogP contribution in [0.15, 0.2) is 0 Å². The van der Waals surface area contributed by atoms with E-state index in [4.69, 9.17) is 5.73 Å². The molecule has 1 aliphatic rings. The van der Waals surface area contributed by atoms with Crippen molar-refractivity contribution in [2.24, 2.45) is 23.5 Å². The van der Waals surface area contributed by atoms with E-state index in [1.807, 2.05) is 0 Å². The molecule has 0 radical (unpaired) electrons. The molecule has 0 saturated heterocycles. The molecule has 0 aromatic carbocycles. The quantitative estimate of drug-likeness (QED) is 0.727. The number of rotatable bonds is 6. The minimum Gasteiger partial charge on any atom is -0.356 e. The van der Waals surface area contributed by atoms with Gasteiger partial charge in [-0.1, -0.05) is 33.1 Å². The molecule has 0 bridgehead atoms. The van der Waals surface area contributed by atoms with Crippen molar-refractivity contribution in [3.63, 3.8) is 0 Å². The molecule has 1 fully saturated rings. The summed E-state index contributed by atoms with van der Waals surface area (Å²) in [5, 5.41) is 3.10. The van der Waals surface area contributed by atoms with E-state index in [0.29, 0.717) is 18.4 Å². The van der Waals surface area contributed by atoms with Crippen molar-refractivity contribution in [3.05, 3.63) is 0 Å². The highest BCUT2D eigenvalue weighted by Gasteiger charge is 2.31. The topological polar surface area (TPSA) is 55.1 Å². The van der Waals surface area contributed by atoms with Gasteiger partial charge in [-0.15, -0.1) is 0 Å². The van der Waals surface area contributed by atoms with Gasteiger partial charge in [0.2, 0.25) is 5.91 Å². The highest BCUT2D eigenvalue weighted by molar-refractivity contribution is 5.79. The maximum absolute atomic E-state index is 12.0. The minimum atomic E-state index is 0.180. The van der Waals surface area contributed by atoms with Gasteiger partial charge in [-0.3, -0.25) is 4.79 Å². The van der Waals surface area contributed by atoms with E-state index in [2.05, 4.69) is 19.2 Å². The zero-order valence-corrected chi connectivity index (χ0v) is 10.7. The molecule has 0 spiro atoms. The van der Waals surface area contributed by atoms with E-state index >= 15 is 0 Å². The summed E-state index contributed by atoms with van der Waals surface area (Å²) in [4.78, 5) is 12.0. The standard InChI is InChI=1S/C13H26N2O/c1-3-10(4-2)9-15-13(16)12-7-5-6-11(12)8-14/h10-12H,3-9,14H2,1-2H3,(H,15,16). The van der Waals surface area contributed by atoms with Gasteiger partial charge < -0.3 is 11.1 Å². The first kappa shape index (κ1) is 13.5. The second-order valence-electron chi connectivity index (χ2n) is 4.96. The fourth-order valence-electron chi connectivity index (χ4n) is 2.62. The fraction of sp³-hybridized carbons (Fsp3) is 0.923. The van der Waals surface area contributed by atoms with Crippen LogP contribution in [0.1, 0.15) is 46.0 Å². The first-order valence-electron chi connectivity index (χ1n) is 6.70. The molecule has 1 aliphatic carbocycles. The van der Waals surface area contributed by atoms with Crippen molar-refractivity contribution in [3.8, 4) is 0 Å². The molecule has 3 N–H and O–H groups in total. The average Bonchev–Trinajstić information content (AvgIpc) is 2.78. The molecule has 3 nitrogen and oxygen atoms in total. The van der Waals surface area contributed by atoms with Gasteiger partial charge in [-0.2, -0.15) is 0 Å². The summed E-state index contributed by atoms with van der Waals surface area (Å²) in [6.45, 7) is 5.85. The first-order valence-corrected chi connectivity index (χ1v) is 6.70. The van der Waals surface area contributed by atoms with Crippen molar-refractivity contribution in [1.82, 2.24) is 5.32 Å². The van der Waals surface area contributed by atoms with Gasteiger partial charge in [0.15, 0.2) is 0 Å². The molecule has 2 unspecified atom stereocenters. The minimum absolute atomic E-state index is 0.180. The highest BCUT2D eigenvalue weighted by Crippen LogP contribution is 2.30. The summed E-state index contributed by atoms with van der Waals surface area (Å²) in [6.07, 6.45) is 5.59. The summed E-state index contributed by atoms with van der Waals surface area (Å²) in [7, 11) is 0. The van der Waals surface area contributed by atoms with E-state index in [9.17, 15) is 4.79 Å². The zero-order valence-electron chi connectivity index (χ0n) is 10.7. The van der Waals surface area contributed by atoms with Crippen LogP contribution in [0.3, 0.4) is 0 Å². The van der Waals surface area contributed by atoms with Crippen molar-refractivity contribution < 1.29 is 4.79 Å². The van der Waals surface area contributed by atoms with Crippen LogP contribution in [0, 0.1) is 17.8 Å². The zero-order chi connectivity index (χ0) is 12.0. The number of hydrogen-bond donors (Lipinski definition) is 2. The Hall–Kier alpha value is -0.570. The monoisotopic (exact) mass is 226 g/mol. The Kier molecular flexibility index (Phi) is 5.81. The van der Waals surface area contributed by atoms with Crippen molar-refractivity contribution in [2.45, 2.75) is 46.0 Å². The SMILES string of the molecule is CCC(CC)CNC(=O)C1CCCC1CN. The summed E-state index contributed by atoms with van der Waals surface area (Å²) in [5.74, 6) is 1.46. The Morgan fingerprint density at radius 3 is 2.62 bits per heavy atom. The number of nitrogens with one attached hydrogen (secondary N) is 1. The number of carbonyl (C=O) groups is 1. The van der Waals surface area contributed by atoms with Crippen LogP contribution >= 0.6 is 0 Å². The number of nitrogens with two attached hydrogens (primary N) is 1. The maximum Gasteiger partial charge on any atom is 0.223 e. The van der Waals surface area contributed by atoms with Gasteiger partial charge in [-0.05, 0) is 31.2 Å². The Morgan fingerprint density at radius 2 is 2.06 bits per heavy atom. The molecular formula is C13H26N2O. The Morgan fingerprint density at radius 1 is 1.38 bits per heavy atom. The van der Waals surface area contributed by atoms with Gasteiger partial charge in [-0.25, -0.2) is 0 Å². The fourth-order valence-corrected chi connectivity index (χ4v) is 2.62. The van der Waals surface area contributed by atoms with E-state index in [1.165, 1.54) is 0 Å². The van der Waals surface area contributed by atoms with Gasteiger partial charge in [0, 0.05) is 12.5 Å². The van der Waals surface area contributed by atoms with Crippen molar-refractivity contribution >= 4 is 5.91 Å². The van der Waals surface area contributed by atoms with Gasteiger partial charge >= 0.3 is 0 Å². The van der Waals surface area contributed by atoms with Crippen molar-refractivity contribution in [1.29, 1.82) is 0 Å². The van der Waals surface area contributed by atoms with Crippen LogP contribution in [-0.4, -0.2) is 19.0 Å². The molecule has 0 heterocycles. The Balaban J connectivity index is 2.34. The molecule has 0 aromatic rings. The molecule has 1 rings (SSSR count). The molecule has 1 saturated carbocycles. The summed E-state index contributed by atoms with van der Waals surface area (Å²) < 4.78 is 0. The van der Waals surface area contributed by atoms with E-state index in [0.717, 1.165) is 38.6 Å². The Bertz CT molecular complexity index is 214. The molecule has 3 heteroatoms. The van der Waals surface area contributed by atoms with Crippen LogP contribution in [0.4, 0.5) is 0 Å².